The number of nitrogens with one attached hydrogen (secondary N) is 2. The van der Waals surface area contributed by atoms with Gasteiger partial charge in [-0.2, -0.15) is 4.98 Å². The van der Waals surface area contributed by atoms with E-state index < -0.39 is 5.82 Å². The van der Waals surface area contributed by atoms with Gasteiger partial charge < -0.3 is 10.4 Å². The van der Waals surface area contributed by atoms with Gasteiger partial charge in [0.1, 0.15) is 5.75 Å². The predicted molar refractivity (Wildman–Crippen MR) is 76.8 cm³/mol. The first-order chi connectivity index (χ1) is 10.2. The molecule has 1 aromatic carbocycles. The SMILES string of the molecule is Oc1cccc(Nc2ncc(F)c(Nn3cccc3)n2)c1. The highest BCUT2D eigenvalue weighted by molar-refractivity contribution is 5.56. The first-order valence-electron chi connectivity index (χ1n) is 6.19. The third kappa shape index (κ3) is 3.08. The van der Waals surface area contributed by atoms with Crippen LogP contribution < -0.4 is 10.7 Å². The van der Waals surface area contributed by atoms with Crippen molar-refractivity contribution in [2.45, 2.75) is 0 Å². The Hall–Kier alpha value is -3.09. The van der Waals surface area contributed by atoms with Crippen LogP contribution in [0, 0.1) is 5.82 Å². The maximum absolute atomic E-state index is 13.7. The lowest BCUT2D eigenvalue weighted by molar-refractivity contribution is 0.475. The number of nitrogens with zero attached hydrogens (tertiary/aromatic N) is 3. The summed E-state index contributed by atoms with van der Waals surface area (Å²) in [5.74, 6) is -0.182. The van der Waals surface area contributed by atoms with Crippen molar-refractivity contribution in [1.29, 1.82) is 0 Å². The Kier molecular flexibility index (Phi) is 3.38. The first-order valence-corrected chi connectivity index (χ1v) is 6.19. The van der Waals surface area contributed by atoms with E-state index in [0.717, 1.165) is 6.20 Å². The molecule has 0 spiro atoms. The number of hydrogen-bond acceptors (Lipinski definition) is 5. The Morgan fingerprint density at radius 1 is 1.14 bits per heavy atom. The summed E-state index contributed by atoms with van der Waals surface area (Å²) in [7, 11) is 0. The Bertz CT molecular complexity index is 745. The van der Waals surface area contributed by atoms with Crippen LogP contribution in [-0.2, 0) is 0 Å². The summed E-state index contributed by atoms with van der Waals surface area (Å²) in [5.41, 5.74) is 3.40. The molecule has 0 saturated carbocycles. The highest BCUT2D eigenvalue weighted by Crippen LogP contribution is 2.20. The van der Waals surface area contributed by atoms with E-state index in [2.05, 4.69) is 20.7 Å². The second-order valence-electron chi connectivity index (χ2n) is 4.27. The summed E-state index contributed by atoms with van der Waals surface area (Å²) in [5, 5.41) is 12.3. The van der Waals surface area contributed by atoms with Gasteiger partial charge >= 0.3 is 0 Å². The molecule has 0 aliphatic rings. The van der Waals surface area contributed by atoms with E-state index in [1.807, 2.05) is 0 Å². The van der Waals surface area contributed by atoms with Crippen molar-refractivity contribution in [1.82, 2.24) is 14.6 Å². The van der Waals surface area contributed by atoms with Crippen molar-refractivity contribution in [2.24, 2.45) is 0 Å². The molecule has 6 nitrogen and oxygen atoms in total. The summed E-state index contributed by atoms with van der Waals surface area (Å²) in [6.07, 6.45) is 4.53. The second kappa shape index (κ2) is 5.49. The van der Waals surface area contributed by atoms with E-state index >= 15 is 0 Å². The number of hydrogen-bond donors (Lipinski definition) is 3. The predicted octanol–water partition coefficient (Wildman–Crippen LogP) is 2.74. The quantitative estimate of drug-likeness (QED) is 0.687. The molecule has 0 bridgehead atoms. The van der Waals surface area contributed by atoms with Crippen LogP contribution in [0.2, 0.25) is 0 Å². The number of aromatic nitrogens is 3. The Balaban J connectivity index is 1.83. The number of phenols is 1. The molecular weight excluding hydrogens is 273 g/mol. The minimum absolute atomic E-state index is 0.0452. The van der Waals surface area contributed by atoms with Crippen LogP contribution in [0.5, 0.6) is 5.75 Å². The molecule has 7 heteroatoms. The van der Waals surface area contributed by atoms with Crippen LogP contribution in [0.1, 0.15) is 0 Å². The molecular formula is C14H12FN5O. The molecule has 3 aromatic rings. The van der Waals surface area contributed by atoms with Crippen molar-refractivity contribution in [3.05, 3.63) is 60.8 Å². The van der Waals surface area contributed by atoms with Crippen LogP contribution in [0.3, 0.4) is 0 Å². The lowest BCUT2D eigenvalue weighted by Crippen LogP contribution is -2.11. The van der Waals surface area contributed by atoms with Crippen LogP contribution in [-0.4, -0.2) is 19.8 Å². The molecule has 0 unspecified atom stereocenters. The van der Waals surface area contributed by atoms with Crippen molar-refractivity contribution in [2.75, 3.05) is 10.7 Å². The highest BCUT2D eigenvalue weighted by Gasteiger charge is 2.07. The largest absolute Gasteiger partial charge is 0.508 e. The summed E-state index contributed by atoms with van der Waals surface area (Å²) in [6.45, 7) is 0. The molecule has 0 radical (unpaired) electrons. The molecule has 3 N–H and O–H groups in total. The van der Waals surface area contributed by atoms with E-state index in [0.29, 0.717) is 5.69 Å². The van der Waals surface area contributed by atoms with E-state index in [4.69, 9.17) is 0 Å². The molecule has 0 aliphatic carbocycles. The van der Waals surface area contributed by atoms with Gasteiger partial charge in [-0.15, -0.1) is 0 Å². The molecule has 106 valence electrons. The number of phenolic OH excluding ortho intramolecular Hbond substituents is 1. The van der Waals surface area contributed by atoms with Crippen LogP contribution in [0.15, 0.2) is 55.0 Å². The Labute approximate surface area is 119 Å². The molecule has 2 aromatic heterocycles. The van der Waals surface area contributed by atoms with Crippen LogP contribution >= 0.6 is 0 Å². The van der Waals surface area contributed by atoms with Crippen molar-refractivity contribution in [3.8, 4) is 5.75 Å². The van der Waals surface area contributed by atoms with Gasteiger partial charge in [0.05, 0.1) is 6.20 Å². The lowest BCUT2D eigenvalue weighted by Gasteiger charge is -2.10. The normalized spacial score (nSPS) is 10.3. The monoisotopic (exact) mass is 285 g/mol. The van der Waals surface area contributed by atoms with Crippen molar-refractivity contribution in [3.63, 3.8) is 0 Å². The maximum Gasteiger partial charge on any atom is 0.229 e. The second-order valence-corrected chi connectivity index (χ2v) is 4.27. The fourth-order valence-electron chi connectivity index (χ4n) is 1.75. The van der Waals surface area contributed by atoms with E-state index in [9.17, 15) is 9.50 Å². The third-order valence-corrected chi connectivity index (χ3v) is 2.69. The minimum atomic E-state index is -0.565. The molecule has 0 amide bonds. The molecule has 0 saturated heterocycles. The molecule has 3 rings (SSSR count). The summed E-state index contributed by atoms with van der Waals surface area (Å²) in [4.78, 5) is 7.93. The van der Waals surface area contributed by atoms with Crippen molar-refractivity contribution < 1.29 is 9.50 Å². The van der Waals surface area contributed by atoms with E-state index in [-0.39, 0.29) is 17.5 Å². The summed E-state index contributed by atoms with van der Waals surface area (Å²) >= 11 is 0. The summed E-state index contributed by atoms with van der Waals surface area (Å²) in [6, 6.07) is 10.1. The summed E-state index contributed by atoms with van der Waals surface area (Å²) < 4.78 is 15.3. The standard InChI is InChI=1S/C14H12FN5O/c15-12-9-16-14(17-10-4-3-5-11(21)8-10)18-13(12)19-20-6-1-2-7-20/h1-9,21H,(H2,16,17,18,19). The van der Waals surface area contributed by atoms with Gasteiger partial charge in [-0.3, -0.25) is 10.1 Å². The minimum Gasteiger partial charge on any atom is -0.508 e. The molecule has 2 heterocycles. The van der Waals surface area contributed by atoms with Gasteiger partial charge in [0.25, 0.3) is 0 Å². The Morgan fingerprint density at radius 3 is 2.71 bits per heavy atom. The average molecular weight is 285 g/mol. The molecule has 21 heavy (non-hydrogen) atoms. The zero-order valence-electron chi connectivity index (χ0n) is 10.9. The molecule has 0 atom stereocenters. The number of rotatable bonds is 4. The zero-order chi connectivity index (χ0) is 14.7. The van der Waals surface area contributed by atoms with Crippen LogP contribution in [0.4, 0.5) is 21.8 Å². The van der Waals surface area contributed by atoms with Gasteiger partial charge in [-0.25, -0.2) is 9.37 Å². The molecule has 0 aliphatic heterocycles. The third-order valence-electron chi connectivity index (χ3n) is 2.69. The first kappa shape index (κ1) is 12.9. The smallest absolute Gasteiger partial charge is 0.229 e. The number of anilines is 3. The van der Waals surface area contributed by atoms with E-state index in [1.165, 1.54) is 6.07 Å². The fourth-order valence-corrected chi connectivity index (χ4v) is 1.75. The van der Waals surface area contributed by atoms with Gasteiger partial charge in [0.15, 0.2) is 11.6 Å². The number of aromatic hydroxyl groups is 1. The molecule has 0 fully saturated rings. The van der Waals surface area contributed by atoms with E-state index in [1.54, 1.807) is 47.4 Å². The van der Waals surface area contributed by atoms with Gasteiger partial charge in [-0.1, -0.05) is 6.07 Å². The number of halogens is 1. The van der Waals surface area contributed by atoms with Crippen LogP contribution in [0.25, 0.3) is 0 Å². The highest BCUT2D eigenvalue weighted by atomic mass is 19.1. The average Bonchev–Trinajstić information content (AvgIpc) is 2.96. The van der Waals surface area contributed by atoms with Gasteiger partial charge in [0, 0.05) is 24.1 Å². The fraction of sp³-hybridized carbons (Fsp3) is 0. The number of benzene rings is 1. The lowest BCUT2D eigenvalue weighted by atomic mass is 10.3. The zero-order valence-corrected chi connectivity index (χ0v) is 10.9. The van der Waals surface area contributed by atoms with Gasteiger partial charge in [0.2, 0.25) is 5.95 Å². The van der Waals surface area contributed by atoms with Crippen molar-refractivity contribution >= 4 is 17.5 Å². The van der Waals surface area contributed by atoms with Gasteiger partial charge in [-0.05, 0) is 24.3 Å². The topological polar surface area (TPSA) is 75.0 Å². The maximum atomic E-state index is 13.7. The Morgan fingerprint density at radius 2 is 1.95 bits per heavy atom.